The van der Waals surface area contributed by atoms with Crippen LogP contribution < -0.4 is 0 Å². The van der Waals surface area contributed by atoms with E-state index < -0.39 is 12.0 Å². The van der Waals surface area contributed by atoms with Crippen LogP contribution in [0.1, 0.15) is 5.82 Å². The van der Waals surface area contributed by atoms with Gasteiger partial charge in [-0.05, 0) is 0 Å². The summed E-state index contributed by atoms with van der Waals surface area (Å²) in [5, 5.41) is 12.7. The molecule has 1 unspecified atom stereocenters. The van der Waals surface area contributed by atoms with Gasteiger partial charge in [0.15, 0.2) is 5.82 Å². The second kappa shape index (κ2) is 4.63. The van der Waals surface area contributed by atoms with Gasteiger partial charge in [0.05, 0.1) is 6.54 Å². The molecule has 0 spiro atoms. The van der Waals surface area contributed by atoms with Gasteiger partial charge in [-0.1, -0.05) is 5.16 Å². The first-order valence-corrected chi connectivity index (χ1v) is 5.72. The SMILES string of the molecule is O=C(O)C1CSCCN1Cc1ncon1. The van der Waals surface area contributed by atoms with Crippen LogP contribution in [-0.2, 0) is 11.3 Å². The van der Waals surface area contributed by atoms with Crippen molar-refractivity contribution < 1.29 is 14.4 Å². The quantitative estimate of drug-likeness (QED) is 0.785. The van der Waals surface area contributed by atoms with Gasteiger partial charge in [-0.25, -0.2) is 0 Å². The molecule has 1 aromatic heterocycles. The Hall–Kier alpha value is -1.08. The number of carbonyl (C=O) groups is 1. The van der Waals surface area contributed by atoms with Crippen molar-refractivity contribution in [3.8, 4) is 0 Å². The molecular formula is C8H11N3O3S. The summed E-state index contributed by atoms with van der Waals surface area (Å²) in [4.78, 5) is 16.7. The Bertz CT molecular complexity index is 330. The van der Waals surface area contributed by atoms with Crippen LogP contribution in [0.15, 0.2) is 10.9 Å². The molecule has 0 aromatic carbocycles. The molecule has 0 amide bonds. The van der Waals surface area contributed by atoms with Crippen molar-refractivity contribution in [1.29, 1.82) is 0 Å². The monoisotopic (exact) mass is 229 g/mol. The van der Waals surface area contributed by atoms with E-state index in [-0.39, 0.29) is 0 Å². The fraction of sp³-hybridized carbons (Fsp3) is 0.625. The van der Waals surface area contributed by atoms with Crippen molar-refractivity contribution in [2.75, 3.05) is 18.1 Å². The maximum Gasteiger partial charge on any atom is 0.321 e. The molecule has 1 N–H and O–H groups in total. The van der Waals surface area contributed by atoms with Crippen LogP contribution in [0.3, 0.4) is 0 Å². The Morgan fingerprint density at radius 3 is 3.33 bits per heavy atom. The molecular weight excluding hydrogens is 218 g/mol. The number of thioether (sulfide) groups is 1. The van der Waals surface area contributed by atoms with Gasteiger partial charge in [0.1, 0.15) is 6.04 Å². The molecule has 0 radical (unpaired) electrons. The number of hydrogen-bond donors (Lipinski definition) is 1. The van der Waals surface area contributed by atoms with Gasteiger partial charge < -0.3 is 9.63 Å². The number of carboxylic acid groups (broad SMARTS) is 1. The molecule has 1 atom stereocenters. The lowest BCUT2D eigenvalue weighted by Gasteiger charge is -2.31. The molecule has 2 heterocycles. The van der Waals surface area contributed by atoms with E-state index in [4.69, 9.17) is 5.11 Å². The van der Waals surface area contributed by atoms with E-state index in [1.165, 1.54) is 6.39 Å². The smallest absolute Gasteiger partial charge is 0.321 e. The van der Waals surface area contributed by atoms with E-state index in [1.54, 1.807) is 11.8 Å². The summed E-state index contributed by atoms with van der Waals surface area (Å²) in [5.74, 6) is 1.31. The van der Waals surface area contributed by atoms with Crippen molar-refractivity contribution in [3.05, 3.63) is 12.2 Å². The normalized spacial score (nSPS) is 22.8. The second-order valence-electron chi connectivity index (χ2n) is 3.25. The van der Waals surface area contributed by atoms with E-state index in [2.05, 4.69) is 14.7 Å². The van der Waals surface area contributed by atoms with Crippen molar-refractivity contribution in [3.63, 3.8) is 0 Å². The number of hydrogen-bond acceptors (Lipinski definition) is 6. The maximum atomic E-state index is 11.0. The predicted molar refractivity (Wildman–Crippen MR) is 53.5 cm³/mol. The second-order valence-corrected chi connectivity index (χ2v) is 4.40. The lowest BCUT2D eigenvalue weighted by Crippen LogP contribution is -2.46. The van der Waals surface area contributed by atoms with Gasteiger partial charge in [-0.2, -0.15) is 16.7 Å². The summed E-state index contributed by atoms with van der Waals surface area (Å²) < 4.78 is 4.61. The molecule has 1 aliphatic heterocycles. The highest BCUT2D eigenvalue weighted by molar-refractivity contribution is 7.99. The summed E-state index contributed by atoms with van der Waals surface area (Å²) >= 11 is 1.66. The van der Waals surface area contributed by atoms with Crippen LogP contribution in [0.5, 0.6) is 0 Å². The molecule has 2 rings (SSSR count). The Labute approximate surface area is 90.6 Å². The molecule has 0 bridgehead atoms. The Kier molecular flexibility index (Phi) is 3.22. The summed E-state index contributed by atoms with van der Waals surface area (Å²) in [5.41, 5.74) is 0. The number of aromatic nitrogens is 2. The Morgan fingerprint density at radius 1 is 1.80 bits per heavy atom. The van der Waals surface area contributed by atoms with Gasteiger partial charge in [-0.15, -0.1) is 0 Å². The number of rotatable bonds is 3. The van der Waals surface area contributed by atoms with E-state index in [0.29, 0.717) is 18.1 Å². The minimum absolute atomic E-state index is 0.439. The average Bonchev–Trinajstić information content (AvgIpc) is 2.71. The van der Waals surface area contributed by atoms with Crippen LogP contribution >= 0.6 is 11.8 Å². The highest BCUT2D eigenvalue weighted by Gasteiger charge is 2.29. The molecule has 1 saturated heterocycles. The maximum absolute atomic E-state index is 11.0. The first kappa shape index (κ1) is 10.4. The van der Waals surface area contributed by atoms with Crippen molar-refractivity contribution in [1.82, 2.24) is 15.0 Å². The van der Waals surface area contributed by atoms with Gasteiger partial charge in [-0.3, -0.25) is 9.69 Å². The van der Waals surface area contributed by atoms with E-state index in [0.717, 1.165) is 12.3 Å². The first-order chi connectivity index (χ1) is 7.27. The molecule has 0 saturated carbocycles. The third kappa shape index (κ3) is 2.48. The van der Waals surface area contributed by atoms with Gasteiger partial charge in [0.2, 0.25) is 6.39 Å². The third-order valence-corrected chi connectivity index (χ3v) is 3.30. The lowest BCUT2D eigenvalue weighted by molar-refractivity contribution is -0.142. The van der Waals surface area contributed by atoms with Crippen LogP contribution in [0.25, 0.3) is 0 Å². The lowest BCUT2D eigenvalue weighted by atomic mass is 10.2. The van der Waals surface area contributed by atoms with Gasteiger partial charge in [0, 0.05) is 18.1 Å². The molecule has 82 valence electrons. The van der Waals surface area contributed by atoms with E-state index in [9.17, 15) is 4.79 Å². The van der Waals surface area contributed by atoms with Crippen molar-refractivity contribution in [2.45, 2.75) is 12.6 Å². The number of carboxylic acids is 1. The topological polar surface area (TPSA) is 79.5 Å². The summed E-state index contributed by atoms with van der Waals surface area (Å²) in [6.07, 6.45) is 1.25. The molecule has 6 nitrogen and oxygen atoms in total. The highest BCUT2D eigenvalue weighted by atomic mass is 32.2. The largest absolute Gasteiger partial charge is 0.480 e. The zero-order chi connectivity index (χ0) is 10.7. The van der Waals surface area contributed by atoms with Crippen LogP contribution in [-0.4, -0.2) is 50.2 Å². The minimum atomic E-state index is -0.786. The Balaban J connectivity index is 2.02. The predicted octanol–water partition coefficient (Wildman–Crippen LogP) is 0.0716. The van der Waals surface area contributed by atoms with Gasteiger partial charge >= 0.3 is 5.97 Å². The fourth-order valence-electron chi connectivity index (χ4n) is 1.50. The molecule has 1 fully saturated rings. The molecule has 1 aromatic rings. The number of aliphatic carboxylic acids is 1. The minimum Gasteiger partial charge on any atom is -0.480 e. The first-order valence-electron chi connectivity index (χ1n) is 4.57. The van der Waals surface area contributed by atoms with Crippen molar-refractivity contribution in [2.24, 2.45) is 0 Å². The number of nitrogens with zero attached hydrogens (tertiary/aromatic N) is 3. The molecule has 1 aliphatic rings. The molecule has 15 heavy (non-hydrogen) atoms. The zero-order valence-corrected chi connectivity index (χ0v) is 8.81. The standard InChI is InChI=1S/C8H11N3O3S/c12-8(13)6-4-15-2-1-11(6)3-7-9-5-14-10-7/h5-6H,1-4H2,(H,12,13). The summed E-state index contributed by atoms with van der Waals surface area (Å²) in [7, 11) is 0. The summed E-state index contributed by atoms with van der Waals surface area (Å²) in [6, 6.07) is -0.442. The van der Waals surface area contributed by atoms with Crippen molar-refractivity contribution >= 4 is 17.7 Å². The van der Waals surface area contributed by atoms with Crippen LogP contribution in [0.2, 0.25) is 0 Å². The Morgan fingerprint density at radius 2 is 2.67 bits per heavy atom. The van der Waals surface area contributed by atoms with E-state index >= 15 is 0 Å². The van der Waals surface area contributed by atoms with Crippen LogP contribution in [0.4, 0.5) is 0 Å². The average molecular weight is 229 g/mol. The van der Waals surface area contributed by atoms with E-state index in [1.807, 2.05) is 4.90 Å². The summed E-state index contributed by atoms with van der Waals surface area (Å²) in [6.45, 7) is 1.18. The van der Waals surface area contributed by atoms with Crippen LogP contribution in [0, 0.1) is 0 Å². The highest BCUT2D eigenvalue weighted by Crippen LogP contribution is 2.18. The van der Waals surface area contributed by atoms with Gasteiger partial charge in [0.25, 0.3) is 0 Å². The molecule has 0 aliphatic carbocycles. The fourth-order valence-corrected chi connectivity index (χ4v) is 2.61. The zero-order valence-electron chi connectivity index (χ0n) is 8.00. The molecule has 7 heteroatoms. The third-order valence-electron chi connectivity index (χ3n) is 2.28.